The molecule has 0 radical (unpaired) electrons. The molecule has 0 aliphatic rings. The van der Waals surface area contributed by atoms with Crippen LogP contribution in [0.5, 0.6) is 11.5 Å². The summed E-state index contributed by atoms with van der Waals surface area (Å²) in [4.78, 5) is 28.5. The van der Waals surface area contributed by atoms with E-state index in [2.05, 4.69) is 5.32 Å². The fourth-order valence-corrected chi connectivity index (χ4v) is 6.17. The Kier molecular flexibility index (Phi) is 11.9. The monoisotopic (exact) mass is 629 g/mol. The molecule has 43 heavy (non-hydrogen) atoms. The molecule has 1 N–H and O–H groups in total. The van der Waals surface area contributed by atoms with Crippen LogP contribution in [-0.2, 0) is 26.2 Å². The number of aryl methyl sites for hydroxylation is 2. The largest absolute Gasteiger partial charge is 0.493 e. The molecule has 11 heteroatoms. The summed E-state index contributed by atoms with van der Waals surface area (Å²) >= 11 is 6.07. The van der Waals surface area contributed by atoms with E-state index >= 15 is 0 Å². The number of amides is 2. The van der Waals surface area contributed by atoms with E-state index in [4.69, 9.17) is 21.1 Å². The summed E-state index contributed by atoms with van der Waals surface area (Å²) in [7, 11) is -1.41. The molecular weight excluding hydrogens is 590 g/mol. The van der Waals surface area contributed by atoms with Gasteiger partial charge >= 0.3 is 0 Å². The molecule has 0 saturated heterocycles. The highest BCUT2D eigenvalue weighted by molar-refractivity contribution is 7.92. The van der Waals surface area contributed by atoms with Crippen molar-refractivity contribution >= 4 is 39.1 Å². The van der Waals surface area contributed by atoms with Gasteiger partial charge in [0.15, 0.2) is 11.5 Å². The average Bonchev–Trinajstić information content (AvgIpc) is 2.98. The van der Waals surface area contributed by atoms with Crippen molar-refractivity contribution < 1.29 is 27.5 Å². The minimum atomic E-state index is -4.28. The van der Waals surface area contributed by atoms with Crippen LogP contribution in [0.3, 0.4) is 0 Å². The maximum Gasteiger partial charge on any atom is 0.264 e. The summed E-state index contributed by atoms with van der Waals surface area (Å²) < 4.78 is 40.2. The smallest absolute Gasteiger partial charge is 0.264 e. The molecule has 0 aliphatic heterocycles. The van der Waals surface area contributed by atoms with E-state index < -0.39 is 28.5 Å². The topological polar surface area (TPSA) is 105 Å². The summed E-state index contributed by atoms with van der Waals surface area (Å²) in [5.74, 6) is -0.266. The molecule has 0 unspecified atom stereocenters. The lowest BCUT2D eigenvalue weighted by Crippen LogP contribution is -2.51. The molecule has 0 heterocycles. The Morgan fingerprint density at radius 3 is 2.14 bits per heavy atom. The van der Waals surface area contributed by atoms with Crippen molar-refractivity contribution in [2.24, 2.45) is 0 Å². The number of sulfonamides is 1. The van der Waals surface area contributed by atoms with Crippen LogP contribution in [0.15, 0.2) is 65.6 Å². The van der Waals surface area contributed by atoms with Crippen molar-refractivity contribution in [1.82, 2.24) is 10.2 Å². The quantitative estimate of drug-likeness (QED) is 0.236. The Morgan fingerprint density at radius 2 is 1.56 bits per heavy atom. The summed E-state index contributed by atoms with van der Waals surface area (Å²) in [6, 6.07) is 15.7. The summed E-state index contributed by atoms with van der Waals surface area (Å²) in [5, 5.41) is 3.42. The number of hydrogen-bond donors (Lipinski definition) is 1. The number of anilines is 1. The number of carbonyl (C=O) groups excluding carboxylic acids is 2. The van der Waals surface area contributed by atoms with Gasteiger partial charge in [0.2, 0.25) is 11.8 Å². The SMILES string of the molecule is CCCCNC(=O)[C@@H](C)N(Cc1ccc(Cl)cc1)C(=O)CN(c1cc(C)cc(C)c1)S(=O)(=O)c1ccc(OC)c(OC)c1. The highest BCUT2D eigenvalue weighted by Gasteiger charge is 2.33. The molecule has 9 nitrogen and oxygen atoms in total. The molecule has 0 aromatic heterocycles. The van der Waals surface area contributed by atoms with Crippen molar-refractivity contribution in [3.8, 4) is 11.5 Å². The predicted octanol–water partition coefficient (Wildman–Crippen LogP) is 5.50. The van der Waals surface area contributed by atoms with Crippen LogP contribution in [0.1, 0.15) is 43.4 Å². The van der Waals surface area contributed by atoms with Gasteiger partial charge in [0.05, 0.1) is 24.8 Å². The van der Waals surface area contributed by atoms with Gasteiger partial charge in [-0.1, -0.05) is 43.1 Å². The first kappa shape index (κ1) is 33.7. The standard InChI is InChI=1S/C32H40ClN3O6S/c1-7-8-15-34-32(38)24(4)35(20-25-9-11-26(33)12-10-25)31(37)21-36(27-17-22(2)16-23(3)18-27)43(39,40)28-13-14-29(41-5)30(19-28)42-6/h9-14,16-19,24H,7-8,15,20-21H2,1-6H3,(H,34,38)/t24-/m1/s1. The van der Waals surface area contributed by atoms with Crippen LogP contribution in [0, 0.1) is 13.8 Å². The average molecular weight is 630 g/mol. The molecule has 0 aliphatic carbocycles. The zero-order chi connectivity index (χ0) is 31.7. The highest BCUT2D eigenvalue weighted by atomic mass is 35.5. The molecule has 2 amide bonds. The number of carbonyl (C=O) groups is 2. The number of nitrogens with zero attached hydrogens (tertiary/aromatic N) is 2. The molecule has 0 saturated carbocycles. The third-order valence-corrected chi connectivity index (χ3v) is 9.00. The second-order valence-corrected chi connectivity index (χ2v) is 12.6. The van der Waals surface area contributed by atoms with Gasteiger partial charge < -0.3 is 19.7 Å². The highest BCUT2D eigenvalue weighted by Crippen LogP contribution is 2.33. The number of nitrogens with one attached hydrogen (secondary N) is 1. The number of rotatable bonds is 14. The van der Waals surface area contributed by atoms with Crippen molar-refractivity contribution in [3.63, 3.8) is 0 Å². The van der Waals surface area contributed by atoms with E-state index in [9.17, 15) is 18.0 Å². The van der Waals surface area contributed by atoms with Gasteiger partial charge in [-0.25, -0.2) is 8.42 Å². The van der Waals surface area contributed by atoms with Crippen molar-refractivity contribution in [3.05, 3.63) is 82.4 Å². The summed E-state index contributed by atoms with van der Waals surface area (Å²) in [6.07, 6.45) is 1.70. The zero-order valence-corrected chi connectivity index (χ0v) is 27.1. The van der Waals surface area contributed by atoms with Crippen LogP contribution in [0.25, 0.3) is 0 Å². The summed E-state index contributed by atoms with van der Waals surface area (Å²) in [5.41, 5.74) is 2.73. The van der Waals surface area contributed by atoms with Gasteiger partial charge in [-0.05, 0) is 80.3 Å². The lowest BCUT2D eigenvalue weighted by atomic mass is 10.1. The Bertz CT molecular complexity index is 1510. The molecule has 0 bridgehead atoms. The van der Waals surface area contributed by atoms with Crippen molar-refractivity contribution in [2.75, 3.05) is 31.6 Å². The Labute approximate surface area is 259 Å². The van der Waals surface area contributed by atoms with Crippen molar-refractivity contribution in [1.29, 1.82) is 0 Å². The van der Waals surface area contributed by atoms with Gasteiger partial charge in [-0.15, -0.1) is 0 Å². The zero-order valence-electron chi connectivity index (χ0n) is 25.5. The van der Waals surface area contributed by atoms with Gasteiger partial charge in [-0.3, -0.25) is 13.9 Å². The Morgan fingerprint density at radius 1 is 0.930 bits per heavy atom. The van der Waals surface area contributed by atoms with Gasteiger partial charge in [-0.2, -0.15) is 0 Å². The maximum absolute atomic E-state index is 14.2. The summed E-state index contributed by atoms with van der Waals surface area (Å²) in [6.45, 7) is 7.38. The first-order chi connectivity index (χ1) is 20.4. The minimum absolute atomic E-state index is 0.0771. The van der Waals surface area contributed by atoms with Gasteiger partial charge in [0.1, 0.15) is 12.6 Å². The van der Waals surface area contributed by atoms with Crippen molar-refractivity contribution in [2.45, 2.75) is 58.0 Å². The molecule has 3 aromatic rings. The Balaban J connectivity index is 2.08. The van der Waals surface area contributed by atoms with Crippen LogP contribution in [0.2, 0.25) is 5.02 Å². The van der Waals surface area contributed by atoms with E-state index in [1.165, 1.54) is 37.3 Å². The number of ether oxygens (including phenoxy) is 2. The molecule has 0 fully saturated rings. The third kappa shape index (κ3) is 8.64. The predicted molar refractivity (Wildman–Crippen MR) is 169 cm³/mol. The van der Waals surface area contributed by atoms with E-state index in [1.54, 1.807) is 43.3 Å². The number of unbranched alkanes of at least 4 members (excludes halogenated alkanes) is 1. The lowest BCUT2D eigenvalue weighted by Gasteiger charge is -2.32. The molecule has 232 valence electrons. The molecule has 0 spiro atoms. The number of methoxy groups -OCH3 is 2. The van der Waals surface area contributed by atoms with Gasteiger partial charge in [0.25, 0.3) is 10.0 Å². The van der Waals surface area contributed by atoms with Crippen LogP contribution in [0.4, 0.5) is 5.69 Å². The Hall–Kier alpha value is -3.76. The van der Waals surface area contributed by atoms with E-state index in [0.29, 0.717) is 23.0 Å². The van der Waals surface area contributed by atoms with E-state index in [0.717, 1.165) is 33.8 Å². The maximum atomic E-state index is 14.2. The molecule has 1 atom stereocenters. The van der Waals surface area contributed by atoms with Gasteiger partial charge in [0, 0.05) is 24.2 Å². The third-order valence-electron chi connectivity index (χ3n) is 6.98. The second kappa shape index (κ2) is 15.1. The van der Waals surface area contributed by atoms with Crippen LogP contribution < -0.4 is 19.1 Å². The van der Waals surface area contributed by atoms with Crippen LogP contribution in [-0.4, -0.2) is 58.5 Å². The molecule has 3 rings (SSSR count). The molecular formula is C32H40ClN3O6S. The number of hydrogen-bond acceptors (Lipinski definition) is 6. The van der Waals surface area contributed by atoms with E-state index in [-0.39, 0.29) is 23.1 Å². The second-order valence-electron chi connectivity index (χ2n) is 10.3. The fourth-order valence-electron chi connectivity index (χ4n) is 4.63. The normalized spacial score (nSPS) is 11.9. The first-order valence-corrected chi connectivity index (χ1v) is 15.9. The fraction of sp³-hybridized carbons (Fsp3) is 0.375. The minimum Gasteiger partial charge on any atom is -0.493 e. The van der Waals surface area contributed by atoms with E-state index in [1.807, 2.05) is 26.8 Å². The van der Waals surface area contributed by atoms with Crippen LogP contribution >= 0.6 is 11.6 Å². The lowest BCUT2D eigenvalue weighted by molar-refractivity contribution is -0.139. The number of benzene rings is 3. The molecule has 3 aromatic carbocycles. The first-order valence-electron chi connectivity index (χ1n) is 14.1. The number of halogens is 1.